The van der Waals surface area contributed by atoms with Gasteiger partial charge in [0.25, 0.3) is 0 Å². The van der Waals surface area contributed by atoms with Crippen LogP contribution < -0.4 is 4.74 Å². The zero-order chi connectivity index (χ0) is 14.3. The molecule has 0 amide bonds. The lowest BCUT2D eigenvalue weighted by Crippen LogP contribution is -2.11. The van der Waals surface area contributed by atoms with Crippen molar-refractivity contribution in [2.24, 2.45) is 5.92 Å². The van der Waals surface area contributed by atoms with Crippen LogP contribution in [-0.4, -0.2) is 11.7 Å². The van der Waals surface area contributed by atoms with E-state index in [2.05, 4.69) is 13.8 Å². The number of ether oxygens (including phenoxy) is 1. The molecule has 0 spiro atoms. The van der Waals surface area contributed by atoms with Crippen molar-refractivity contribution in [3.63, 3.8) is 0 Å². The van der Waals surface area contributed by atoms with Crippen LogP contribution in [0.3, 0.4) is 0 Å². The van der Waals surface area contributed by atoms with Crippen LogP contribution in [-0.2, 0) is 0 Å². The maximum absolute atomic E-state index is 9.49. The monoisotopic (exact) mass is 284 g/mol. The molecule has 2 unspecified atom stereocenters. The number of hydrogen-bond donors (Lipinski definition) is 1. The molecule has 0 aliphatic rings. The van der Waals surface area contributed by atoms with Gasteiger partial charge in [-0.05, 0) is 37.0 Å². The molecule has 2 atom stereocenters. The minimum Gasteiger partial charge on any atom is -0.492 e. The highest BCUT2D eigenvalue weighted by Crippen LogP contribution is 2.28. The predicted octanol–water partition coefficient (Wildman–Crippen LogP) is 4.99. The number of rotatable bonds is 8. The van der Waals surface area contributed by atoms with Crippen LogP contribution in [0.25, 0.3) is 0 Å². The van der Waals surface area contributed by atoms with E-state index in [1.807, 2.05) is 12.1 Å². The Balaban J connectivity index is 2.57. The number of benzene rings is 1. The summed E-state index contributed by atoms with van der Waals surface area (Å²) < 4.78 is 5.81. The molecule has 0 saturated carbocycles. The second kappa shape index (κ2) is 8.44. The lowest BCUT2D eigenvalue weighted by Gasteiger charge is -2.17. The molecular formula is C16H25ClO2. The second-order valence-electron chi connectivity index (χ2n) is 5.09. The summed E-state index contributed by atoms with van der Waals surface area (Å²) in [7, 11) is 0. The fraction of sp³-hybridized carbons (Fsp3) is 0.625. The molecule has 0 aliphatic heterocycles. The van der Waals surface area contributed by atoms with Gasteiger partial charge in [0, 0.05) is 0 Å². The molecule has 3 heteroatoms. The highest BCUT2D eigenvalue weighted by molar-refractivity contribution is 6.32. The Morgan fingerprint density at radius 1 is 1.32 bits per heavy atom. The third-order valence-electron chi connectivity index (χ3n) is 3.46. The Labute approximate surface area is 121 Å². The normalized spacial score (nSPS) is 14.2. The minimum atomic E-state index is -0.500. The van der Waals surface area contributed by atoms with Crippen LogP contribution in [0.4, 0.5) is 0 Å². The van der Waals surface area contributed by atoms with Crippen LogP contribution in [0.5, 0.6) is 5.75 Å². The maximum atomic E-state index is 9.49. The molecule has 2 nitrogen and oxygen atoms in total. The van der Waals surface area contributed by atoms with Gasteiger partial charge in [-0.2, -0.15) is 0 Å². The second-order valence-corrected chi connectivity index (χ2v) is 5.50. The third-order valence-corrected chi connectivity index (χ3v) is 3.75. The Kier molecular flexibility index (Phi) is 7.25. The van der Waals surface area contributed by atoms with Gasteiger partial charge in [-0.15, -0.1) is 0 Å². The summed E-state index contributed by atoms with van der Waals surface area (Å²) in [6.07, 6.45) is 4.30. The van der Waals surface area contributed by atoms with E-state index in [9.17, 15) is 5.11 Å². The summed E-state index contributed by atoms with van der Waals surface area (Å²) in [6, 6.07) is 5.48. The van der Waals surface area contributed by atoms with Gasteiger partial charge in [-0.25, -0.2) is 0 Å². The first-order valence-electron chi connectivity index (χ1n) is 7.18. The van der Waals surface area contributed by atoms with Crippen LogP contribution >= 0.6 is 11.6 Å². The molecule has 1 rings (SSSR count). The van der Waals surface area contributed by atoms with Crippen molar-refractivity contribution in [2.75, 3.05) is 6.61 Å². The average molecular weight is 285 g/mol. The van der Waals surface area contributed by atoms with Crippen molar-refractivity contribution in [3.8, 4) is 5.75 Å². The van der Waals surface area contributed by atoms with Crippen LogP contribution in [0.1, 0.15) is 58.1 Å². The summed E-state index contributed by atoms with van der Waals surface area (Å²) in [5, 5.41) is 10.1. The molecule has 1 N–H and O–H groups in total. The Morgan fingerprint density at radius 3 is 2.58 bits per heavy atom. The van der Waals surface area contributed by atoms with Gasteiger partial charge in [0.1, 0.15) is 5.75 Å². The lowest BCUT2D eigenvalue weighted by atomic mass is 10.0. The van der Waals surface area contributed by atoms with Gasteiger partial charge in [-0.1, -0.05) is 50.8 Å². The quantitative estimate of drug-likeness (QED) is 0.729. The topological polar surface area (TPSA) is 29.5 Å². The lowest BCUT2D eigenvalue weighted by molar-refractivity contribution is 0.199. The summed E-state index contributed by atoms with van der Waals surface area (Å²) >= 11 is 6.17. The van der Waals surface area contributed by atoms with Crippen molar-refractivity contribution >= 4 is 11.6 Å². The number of unbranched alkanes of at least 4 members (excludes halogenated alkanes) is 1. The number of hydrogen-bond acceptors (Lipinski definition) is 2. The fourth-order valence-corrected chi connectivity index (χ4v) is 2.24. The summed E-state index contributed by atoms with van der Waals surface area (Å²) in [5.74, 6) is 1.30. The molecule has 0 fully saturated rings. The van der Waals surface area contributed by atoms with Gasteiger partial charge in [0.2, 0.25) is 0 Å². The largest absolute Gasteiger partial charge is 0.492 e. The van der Waals surface area contributed by atoms with Crippen molar-refractivity contribution in [1.82, 2.24) is 0 Å². The smallest absolute Gasteiger partial charge is 0.137 e. The minimum absolute atomic E-state index is 0.500. The SMILES string of the molecule is CCCCC(CC)COc1ccc(C(C)O)cc1Cl. The molecule has 1 aromatic rings. The Hall–Kier alpha value is -0.730. The van der Waals surface area contributed by atoms with Gasteiger partial charge < -0.3 is 9.84 Å². The molecular weight excluding hydrogens is 260 g/mol. The number of aliphatic hydroxyl groups is 1. The maximum Gasteiger partial charge on any atom is 0.137 e. The van der Waals surface area contributed by atoms with E-state index in [1.54, 1.807) is 13.0 Å². The summed E-state index contributed by atoms with van der Waals surface area (Å²) in [4.78, 5) is 0. The predicted molar refractivity (Wildman–Crippen MR) is 80.9 cm³/mol. The van der Waals surface area contributed by atoms with Crippen LogP contribution in [0, 0.1) is 5.92 Å². The van der Waals surface area contributed by atoms with E-state index >= 15 is 0 Å². The van der Waals surface area contributed by atoms with E-state index in [1.165, 1.54) is 19.3 Å². The first-order valence-corrected chi connectivity index (χ1v) is 7.56. The zero-order valence-corrected chi connectivity index (χ0v) is 12.9. The molecule has 0 bridgehead atoms. The van der Waals surface area contributed by atoms with Crippen molar-refractivity contribution < 1.29 is 9.84 Å². The fourth-order valence-electron chi connectivity index (χ4n) is 2.00. The number of aliphatic hydroxyl groups excluding tert-OH is 1. The van der Waals surface area contributed by atoms with E-state index in [4.69, 9.17) is 16.3 Å². The summed E-state index contributed by atoms with van der Waals surface area (Å²) in [5.41, 5.74) is 0.815. The average Bonchev–Trinajstić information content (AvgIpc) is 2.40. The first kappa shape index (κ1) is 16.3. The highest BCUT2D eigenvalue weighted by Gasteiger charge is 2.10. The molecule has 108 valence electrons. The van der Waals surface area contributed by atoms with Gasteiger partial charge in [-0.3, -0.25) is 0 Å². The van der Waals surface area contributed by atoms with Crippen molar-refractivity contribution in [2.45, 2.75) is 52.6 Å². The molecule has 0 saturated heterocycles. The van der Waals surface area contributed by atoms with Gasteiger partial charge in [0.15, 0.2) is 0 Å². The van der Waals surface area contributed by atoms with Gasteiger partial charge >= 0.3 is 0 Å². The molecule has 1 aromatic carbocycles. The molecule has 19 heavy (non-hydrogen) atoms. The van der Waals surface area contributed by atoms with Crippen LogP contribution in [0.15, 0.2) is 18.2 Å². The van der Waals surface area contributed by atoms with E-state index < -0.39 is 6.10 Å². The zero-order valence-electron chi connectivity index (χ0n) is 12.2. The standard InChI is InChI=1S/C16H25ClO2/c1-4-6-7-13(5-2)11-19-16-9-8-14(12(3)18)10-15(16)17/h8-10,12-13,18H,4-7,11H2,1-3H3. The molecule has 0 heterocycles. The summed E-state index contributed by atoms with van der Waals surface area (Å²) in [6.45, 7) is 6.84. The highest BCUT2D eigenvalue weighted by atomic mass is 35.5. The molecule has 0 aliphatic carbocycles. The van der Waals surface area contributed by atoms with Crippen molar-refractivity contribution in [1.29, 1.82) is 0 Å². The Bertz CT molecular complexity index is 377. The van der Waals surface area contributed by atoms with E-state index in [-0.39, 0.29) is 0 Å². The Morgan fingerprint density at radius 2 is 2.05 bits per heavy atom. The molecule has 0 radical (unpaired) electrons. The van der Waals surface area contributed by atoms with Gasteiger partial charge in [0.05, 0.1) is 17.7 Å². The van der Waals surface area contributed by atoms with E-state index in [0.29, 0.717) is 23.3 Å². The third kappa shape index (κ3) is 5.42. The molecule has 0 aromatic heterocycles. The number of halogens is 1. The first-order chi connectivity index (χ1) is 9.08. The van der Waals surface area contributed by atoms with Crippen molar-refractivity contribution in [3.05, 3.63) is 28.8 Å². The van der Waals surface area contributed by atoms with E-state index in [0.717, 1.165) is 12.0 Å². The van der Waals surface area contributed by atoms with Crippen LogP contribution in [0.2, 0.25) is 5.02 Å².